The lowest BCUT2D eigenvalue weighted by Crippen LogP contribution is -2.61. The number of rotatable bonds is 6. The van der Waals surface area contributed by atoms with E-state index in [4.69, 9.17) is 15.8 Å². The smallest absolute Gasteiger partial charge is 0.339 e. The number of hydrogen-bond acceptors (Lipinski definition) is 8. The van der Waals surface area contributed by atoms with E-state index in [-0.39, 0.29) is 36.8 Å². The quantitative estimate of drug-likeness (QED) is 0.200. The molecule has 1 fully saturated rings. The molecule has 152 valence electrons. The number of hydrogen-bond donors (Lipinski definition) is 3. The molecule has 0 saturated carbocycles. The van der Waals surface area contributed by atoms with E-state index in [1.54, 1.807) is 19.1 Å². The first-order valence-electron chi connectivity index (χ1n) is 8.70. The van der Waals surface area contributed by atoms with Gasteiger partial charge in [-0.1, -0.05) is 18.1 Å². The molecule has 2 heterocycles. The molecule has 2 amide bonds. The average molecular weight is 393 g/mol. The molecule has 11 heteroatoms. The number of carbonyl (C=O) groups is 3. The zero-order chi connectivity index (χ0) is 20.7. The monoisotopic (exact) mass is 393 g/mol. The van der Waals surface area contributed by atoms with Gasteiger partial charge in [0, 0.05) is 32.5 Å². The van der Waals surface area contributed by atoms with E-state index in [2.05, 4.69) is 20.3 Å². The third-order valence-electron chi connectivity index (χ3n) is 4.28. The average Bonchev–Trinajstić information content (AvgIpc) is 2.71. The van der Waals surface area contributed by atoms with Gasteiger partial charge in [0.15, 0.2) is 0 Å². The molecule has 3 atom stereocenters. The molecule has 1 aromatic heterocycles. The molecule has 2 rings (SSSR count). The molecular weight excluding hydrogens is 370 g/mol. The third-order valence-corrected chi connectivity index (χ3v) is 4.28. The molecule has 1 aliphatic rings. The number of nitrogens with zero attached hydrogens (tertiary/aromatic N) is 3. The maximum atomic E-state index is 12.5. The van der Waals surface area contributed by atoms with Crippen molar-refractivity contribution in [2.45, 2.75) is 39.0 Å². The molecule has 1 aliphatic heterocycles. The first-order valence-corrected chi connectivity index (χ1v) is 8.70. The van der Waals surface area contributed by atoms with Crippen LogP contribution in [-0.2, 0) is 19.4 Å². The van der Waals surface area contributed by atoms with Crippen molar-refractivity contribution >= 4 is 23.6 Å². The van der Waals surface area contributed by atoms with Gasteiger partial charge in [0.1, 0.15) is 23.8 Å². The Morgan fingerprint density at radius 1 is 1.43 bits per heavy atom. The first-order chi connectivity index (χ1) is 13.4. The Bertz CT molecular complexity index is 741. The lowest BCUT2D eigenvalue weighted by atomic mass is 9.91. The highest BCUT2D eigenvalue weighted by atomic mass is 17.2. The van der Waals surface area contributed by atoms with Gasteiger partial charge in [-0.2, -0.15) is 4.89 Å². The number of nitrogens with two attached hydrogens (primary N) is 1. The molecule has 0 radical (unpaired) electrons. The largest absolute Gasteiger partial charge is 0.409 e. The van der Waals surface area contributed by atoms with E-state index in [0.29, 0.717) is 0 Å². The minimum atomic E-state index is -0.838. The van der Waals surface area contributed by atoms with Crippen molar-refractivity contribution < 1.29 is 29.4 Å². The predicted octanol–water partition coefficient (Wildman–Crippen LogP) is 0.00570. The van der Waals surface area contributed by atoms with E-state index in [9.17, 15) is 14.4 Å². The van der Waals surface area contributed by atoms with Crippen LogP contribution in [0.2, 0.25) is 0 Å². The van der Waals surface area contributed by atoms with Crippen LogP contribution < -0.4 is 11.1 Å². The van der Waals surface area contributed by atoms with E-state index >= 15 is 0 Å². The summed E-state index contributed by atoms with van der Waals surface area (Å²) in [7, 11) is 0. The van der Waals surface area contributed by atoms with E-state index in [1.165, 1.54) is 17.2 Å². The zero-order valence-corrected chi connectivity index (χ0v) is 15.6. The van der Waals surface area contributed by atoms with Crippen molar-refractivity contribution in [1.29, 1.82) is 0 Å². The fraction of sp³-hybridized carbons (Fsp3) is 0.471. The summed E-state index contributed by atoms with van der Waals surface area (Å²) in [5.41, 5.74) is 5.91. The second-order valence-corrected chi connectivity index (χ2v) is 6.18. The summed E-state index contributed by atoms with van der Waals surface area (Å²) in [6.07, 6.45) is 0.124. The van der Waals surface area contributed by atoms with Gasteiger partial charge < -0.3 is 21.2 Å². The van der Waals surface area contributed by atoms with Gasteiger partial charge in [-0.15, -0.1) is 0 Å². The number of pyridine rings is 1. The molecule has 4 N–H and O–H groups in total. The highest BCUT2D eigenvalue weighted by Crippen LogP contribution is 2.26. The second-order valence-electron chi connectivity index (χ2n) is 6.18. The molecule has 0 bridgehead atoms. The summed E-state index contributed by atoms with van der Waals surface area (Å²) in [5.74, 6) is -2.32. The number of nitrogens with one attached hydrogen (secondary N) is 1. The minimum Gasteiger partial charge on any atom is -0.409 e. The summed E-state index contributed by atoms with van der Waals surface area (Å²) in [6, 6.07) is 4.88. The zero-order valence-electron chi connectivity index (χ0n) is 15.6. The molecular formula is C17H23N5O6. The molecule has 3 unspecified atom stereocenters. The van der Waals surface area contributed by atoms with Crippen LogP contribution >= 0.6 is 0 Å². The molecule has 28 heavy (non-hydrogen) atoms. The predicted molar refractivity (Wildman–Crippen MR) is 95.7 cm³/mol. The Kier molecular flexibility index (Phi) is 7.27. The Hall–Kier alpha value is -3.21. The normalized spacial score (nSPS) is 22.4. The SMILES string of the molecule is CCC(=O)N1CC(C(N)=NO)C(OOC(C)=O)CC1NC(=O)c1ccccn1. The number of carbonyl (C=O) groups excluding carboxylic acids is 3. The number of amides is 2. The second kappa shape index (κ2) is 9.65. The van der Waals surface area contributed by atoms with E-state index in [1.807, 2.05) is 0 Å². The van der Waals surface area contributed by atoms with Crippen molar-refractivity contribution in [3.05, 3.63) is 30.1 Å². The number of amidine groups is 1. The fourth-order valence-corrected chi connectivity index (χ4v) is 2.90. The molecule has 1 aromatic rings. The Morgan fingerprint density at radius 2 is 2.18 bits per heavy atom. The molecule has 0 aliphatic carbocycles. The van der Waals surface area contributed by atoms with Crippen molar-refractivity contribution in [2.75, 3.05) is 6.54 Å². The van der Waals surface area contributed by atoms with Crippen LogP contribution in [-0.4, -0.2) is 57.5 Å². The Morgan fingerprint density at radius 3 is 2.75 bits per heavy atom. The minimum absolute atomic E-state index is 0.00165. The lowest BCUT2D eigenvalue weighted by molar-refractivity contribution is -0.308. The topological polar surface area (TPSA) is 156 Å². The van der Waals surface area contributed by atoms with Gasteiger partial charge >= 0.3 is 5.97 Å². The lowest BCUT2D eigenvalue weighted by Gasteiger charge is -2.42. The van der Waals surface area contributed by atoms with Crippen molar-refractivity contribution in [3.63, 3.8) is 0 Å². The van der Waals surface area contributed by atoms with E-state index < -0.39 is 30.1 Å². The number of aromatic nitrogens is 1. The maximum absolute atomic E-state index is 12.5. The van der Waals surface area contributed by atoms with Gasteiger partial charge in [0.2, 0.25) is 5.91 Å². The van der Waals surface area contributed by atoms with Gasteiger partial charge in [0.25, 0.3) is 5.91 Å². The molecule has 1 saturated heterocycles. The summed E-state index contributed by atoms with van der Waals surface area (Å²) in [5, 5.41) is 14.8. The number of oxime groups is 1. The molecule has 11 nitrogen and oxygen atoms in total. The van der Waals surface area contributed by atoms with Gasteiger partial charge in [-0.05, 0) is 12.1 Å². The third kappa shape index (κ3) is 5.16. The molecule has 0 aromatic carbocycles. The van der Waals surface area contributed by atoms with E-state index in [0.717, 1.165) is 6.92 Å². The van der Waals surface area contributed by atoms with Gasteiger partial charge in [-0.3, -0.25) is 19.5 Å². The van der Waals surface area contributed by atoms with Crippen LogP contribution in [0, 0.1) is 5.92 Å². The maximum Gasteiger partial charge on any atom is 0.339 e. The number of likely N-dealkylation sites (tertiary alicyclic amines) is 1. The molecule has 0 spiro atoms. The highest BCUT2D eigenvalue weighted by molar-refractivity contribution is 5.93. The van der Waals surface area contributed by atoms with Crippen LogP contribution in [0.5, 0.6) is 0 Å². The van der Waals surface area contributed by atoms with Crippen LogP contribution in [0.1, 0.15) is 37.2 Å². The van der Waals surface area contributed by atoms with Crippen molar-refractivity contribution in [1.82, 2.24) is 15.2 Å². The van der Waals surface area contributed by atoms with Gasteiger partial charge in [0.05, 0.1) is 5.92 Å². The summed E-state index contributed by atoms with van der Waals surface area (Å²) in [6.45, 7) is 2.84. The Balaban J connectivity index is 2.25. The summed E-state index contributed by atoms with van der Waals surface area (Å²) >= 11 is 0. The fourth-order valence-electron chi connectivity index (χ4n) is 2.90. The Labute approximate surface area is 161 Å². The van der Waals surface area contributed by atoms with Gasteiger partial charge in [-0.25, -0.2) is 4.79 Å². The van der Waals surface area contributed by atoms with Crippen LogP contribution in [0.4, 0.5) is 0 Å². The highest BCUT2D eigenvalue weighted by Gasteiger charge is 2.42. The van der Waals surface area contributed by atoms with Crippen molar-refractivity contribution in [2.24, 2.45) is 16.8 Å². The van der Waals surface area contributed by atoms with Crippen LogP contribution in [0.25, 0.3) is 0 Å². The standard InChI is InChI=1S/C17H23N5O6/c1-3-15(24)22-9-11(16(18)21-26)13(28-27-10(2)23)8-14(22)20-17(25)12-6-4-5-7-19-12/h4-7,11,13-14,26H,3,8-9H2,1-2H3,(H2,18,21)(H,20,25). The first kappa shape index (κ1) is 21.1. The number of piperidine rings is 1. The van der Waals surface area contributed by atoms with Crippen molar-refractivity contribution in [3.8, 4) is 0 Å². The summed E-state index contributed by atoms with van der Waals surface area (Å²) in [4.78, 5) is 51.1. The van der Waals surface area contributed by atoms with Crippen LogP contribution in [0.15, 0.2) is 29.6 Å². The summed E-state index contributed by atoms with van der Waals surface area (Å²) < 4.78 is 0. The van der Waals surface area contributed by atoms with Crippen LogP contribution in [0.3, 0.4) is 0 Å².